The van der Waals surface area contributed by atoms with E-state index in [1.54, 1.807) is 11.3 Å². The zero-order valence-corrected chi connectivity index (χ0v) is 15.1. The zero-order valence-electron chi connectivity index (χ0n) is 11.9. The summed E-state index contributed by atoms with van der Waals surface area (Å²) in [5.41, 5.74) is 0. The lowest BCUT2D eigenvalue weighted by molar-refractivity contribution is -0.124. The van der Waals surface area contributed by atoms with E-state index < -0.39 is 0 Å². The Bertz CT molecular complexity index is 747. The van der Waals surface area contributed by atoms with E-state index in [1.165, 1.54) is 34.8 Å². The van der Waals surface area contributed by atoms with Gasteiger partial charge in [0.05, 0.1) is 11.5 Å². The van der Waals surface area contributed by atoms with Gasteiger partial charge in [0.2, 0.25) is 11.8 Å². The smallest absolute Gasteiger partial charge is 0.238 e. The van der Waals surface area contributed by atoms with E-state index in [0.29, 0.717) is 23.2 Å². The number of rotatable bonds is 6. The Hall–Kier alpha value is -1.23. The number of nitrogens with one attached hydrogen (secondary N) is 1. The van der Waals surface area contributed by atoms with Crippen LogP contribution >= 0.6 is 47.1 Å². The van der Waals surface area contributed by atoms with Crippen molar-refractivity contribution in [2.45, 2.75) is 5.03 Å². The van der Waals surface area contributed by atoms with Gasteiger partial charge in [-0.05, 0) is 11.4 Å². The van der Waals surface area contributed by atoms with Crippen LogP contribution in [0.25, 0.3) is 10.2 Å². The number of carbonyl (C=O) groups is 2. The van der Waals surface area contributed by atoms with Gasteiger partial charge < -0.3 is 5.32 Å². The van der Waals surface area contributed by atoms with Crippen LogP contribution in [0, 0.1) is 0 Å². The molecule has 0 saturated carbocycles. The van der Waals surface area contributed by atoms with E-state index in [0.717, 1.165) is 15.2 Å². The first-order chi connectivity index (χ1) is 11.1. The maximum absolute atomic E-state index is 11.9. The Morgan fingerprint density at radius 1 is 1.48 bits per heavy atom. The Labute approximate surface area is 150 Å². The van der Waals surface area contributed by atoms with Crippen LogP contribution in [0.4, 0.5) is 0 Å². The second-order valence-electron chi connectivity index (χ2n) is 4.56. The molecule has 0 aromatic carbocycles. The molecule has 0 radical (unpaired) electrons. The van der Waals surface area contributed by atoms with E-state index >= 15 is 0 Å². The van der Waals surface area contributed by atoms with E-state index in [-0.39, 0.29) is 17.6 Å². The van der Waals surface area contributed by atoms with Crippen molar-refractivity contribution in [1.29, 1.82) is 0 Å². The summed E-state index contributed by atoms with van der Waals surface area (Å²) in [7, 11) is 0. The van der Waals surface area contributed by atoms with Crippen molar-refractivity contribution in [2.24, 2.45) is 0 Å². The Kier molecular flexibility index (Phi) is 5.46. The third kappa shape index (κ3) is 4.00. The molecule has 23 heavy (non-hydrogen) atoms. The maximum atomic E-state index is 11.9. The molecule has 2 aromatic rings. The van der Waals surface area contributed by atoms with Gasteiger partial charge in [0, 0.05) is 18.5 Å². The number of aromatic nitrogens is 2. The molecule has 3 rings (SSSR count). The van der Waals surface area contributed by atoms with Gasteiger partial charge in [-0.1, -0.05) is 35.7 Å². The molecule has 2 aromatic heterocycles. The largest absolute Gasteiger partial charge is 0.354 e. The van der Waals surface area contributed by atoms with Crippen molar-refractivity contribution in [2.75, 3.05) is 24.6 Å². The average Bonchev–Trinajstić information content (AvgIpc) is 3.14. The molecule has 0 unspecified atom stereocenters. The highest BCUT2D eigenvalue weighted by Crippen LogP contribution is 2.27. The normalized spacial score (nSPS) is 14.7. The molecule has 0 atom stereocenters. The molecule has 1 aliphatic heterocycles. The first kappa shape index (κ1) is 16.6. The Balaban J connectivity index is 1.46. The number of thiophene rings is 1. The molecular formula is C13H12N4O2S4. The summed E-state index contributed by atoms with van der Waals surface area (Å²) in [6, 6.07) is 1.96. The number of fused-ring (bicyclic) bond motifs is 1. The van der Waals surface area contributed by atoms with Crippen LogP contribution in [-0.2, 0) is 9.59 Å². The zero-order chi connectivity index (χ0) is 16.2. The van der Waals surface area contributed by atoms with Crippen molar-refractivity contribution in [3.63, 3.8) is 0 Å². The Morgan fingerprint density at radius 3 is 3.13 bits per heavy atom. The fourth-order valence-corrected chi connectivity index (χ4v) is 4.70. The predicted molar refractivity (Wildman–Crippen MR) is 97.9 cm³/mol. The van der Waals surface area contributed by atoms with E-state index in [1.807, 2.05) is 11.4 Å². The van der Waals surface area contributed by atoms with E-state index in [2.05, 4.69) is 15.3 Å². The highest BCUT2D eigenvalue weighted by molar-refractivity contribution is 8.23. The molecule has 1 aliphatic rings. The molecule has 0 spiro atoms. The van der Waals surface area contributed by atoms with Gasteiger partial charge in [-0.2, -0.15) is 0 Å². The topological polar surface area (TPSA) is 75.2 Å². The number of thiocarbonyl (C=S) groups is 1. The molecule has 1 fully saturated rings. The number of thioether (sulfide) groups is 2. The summed E-state index contributed by atoms with van der Waals surface area (Å²) in [6.07, 6.45) is 1.51. The summed E-state index contributed by atoms with van der Waals surface area (Å²) >= 11 is 9.37. The van der Waals surface area contributed by atoms with Crippen LogP contribution in [0.3, 0.4) is 0 Å². The standard InChI is InChI=1S/C13H12N4O2S4/c18-9(14-2-3-17-10(19)6-23-13(17)20)5-22-12-8-1-4-21-11(8)15-7-16-12/h1,4,7H,2-3,5-6H2,(H,14,18). The summed E-state index contributed by atoms with van der Waals surface area (Å²) in [5, 5.41) is 6.53. The van der Waals surface area contributed by atoms with Gasteiger partial charge in [-0.25, -0.2) is 9.97 Å². The minimum absolute atomic E-state index is 0.00413. The summed E-state index contributed by atoms with van der Waals surface area (Å²) in [5.74, 6) is 0.578. The van der Waals surface area contributed by atoms with Crippen LogP contribution in [0.5, 0.6) is 0 Å². The fraction of sp³-hybridized carbons (Fsp3) is 0.308. The number of hydrogen-bond donors (Lipinski definition) is 1. The predicted octanol–water partition coefficient (Wildman–Crippen LogP) is 1.76. The third-order valence-electron chi connectivity index (χ3n) is 3.06. The fourth-order valence-electron chi connectivity index (χ4n) is 1.97. The minimum atomic E-state index is -0.0952. The number of hydrogen-bond acceptors (Lipinski definition) is 8. The monoisotopic (exact) mass is 384 g/mol. The third-order valence-corrected chi connectivity index (χ3v) is 6.32. The second-order valence-corrected chi connectivity index (χ2v) is 8.02. The maximum Gasteiger partial charge on any atom is 0.238 e. The first-order valence-electron chi connectivity index (χ1n) is 6.70. The lowest BCUT2D eigenvalue weighted by Gasteiger charge is -2.14. The summed E-state index contributed by atoms with van der Waals surface area (Å²) in [6.45, 7) is 0.812. The molecule has 0 bridgehead atoms. The van der Waals surface area contributed by atoms with Gasteiger partial charge >= 0.3 is 0 Å². The lowest BCUT2D eigenvalue weighted by Crippen LogP contribution is -2.37. The highest BCUT2D eigenvalue weighted by Gasteiger charge is 2.25. The first-order valence-corrected chi connectivity index (χ1v) is 9.96. The highest BCUT2D eigenvalue weighted by atomic mass is 32.2. The van der Waals surface area contributed by atoms with Crippen molar-refractivity contribution in [3.8, 4) is 0 Å². The van der Waals surface area contributed by atoms with Crippen LogP contribution in [-0.4, -0.2) is 55.6 Å². The Morgan fingerprint density at radius 2 is 2.35 bits per heavy atom. The molecule has 6 nitrogen and oxygen atoms in total. The number of carbonyl (C=O) groups excluding carboxylic acids is 2. The SMILES string of the molecule is O=C(CSc1ncnc2sccc12)NCCN1C(=O)CSC1=S. The molecule has 1 saturated heterocycles. The number of amides is 2. The minimum Gasteiger partial charge on any atom is -0.354 e. The lowest BCUT2D eigenvalue weighted by atomic mass is 10.4. The van der Waals surface area contributed by atoms with Gasteiger partial charge in [0.25, 0.3) is 0 Å². The second kappa shape index (κ2) is 7.56. The molecule has 3 heterocycles. The van der Waals surface area contributed by atoms with Crippen LogP contribution < -0.4 is 5.32 Å². The van der Waals surface area contributed by atoms with Gasteiger partial charge in [-0.3, -0.25) is 14.5 Å². The van der Waals surface area contributed by atoms with Gasteiger partial charge in [0.15, 0.2) is 0 Å². The molecule has 10 heteroatoms. The summed E-state index contributed by atoms with van der Waals surface area (Å²) in [4.78, 5) is 34.3. The van der Waals surface area contributed by atoms with Crippen molar-refractivity contribution < 1.29 is 9.59 Å². The molecule has 0 aliphatic carbocycles. The van der Waals surface area contributed by atoms with Crippen LogP contribution in [0.1, 0.15) is 0 Å². The van der Waals surface area contributed by atoms with Gasteiger partial charge in [0.1, 0.15) is 20.5 Å². The quantitative estimate of drug-likeness (QED) is 0.462. The summed E-state index contributed by atoms with van der Waals surface area (Å²) < 4.78 is 0.583. The van der Waals surface area contributed by atoms with Crippen LogP contribution in [0.2, 0.25) is 0 Å². The molecule has 2 amide bonds. The molecule has 1 N–H and O–H groups in total. The van der Waals surface area contributed by atoms with E-state index in [4.69, 9.17) is 12.2 Å². The van der Waals surface area contributed by atoms with Crippen molar-refractivity contribution in [3.05, 3.63) is 17.8 Å². The average molecular weight is 385 g/mol. The van der Waals surface area contributed by atoms with Gasteiger partial charge in [-0.15, -0.1) is 11.3 Å². The molecule has 120 valence electrons. The van der Waals surface area contributed by atoms with Crippen LogP contribution in [0.15, 0.2) is 22.8 Å². The number of nitrogens with zero attached hydrogens (tertiary/aromatic N) is 3. The molecular weight excluding hydrogens is 372 g/mol. The van der Waals surface area contributed by atoms with Crippen molar-refractivity contribution >= 4 is 73.4 Å². The van der Waals surface area contributed by atoms with Crippen molar-refractivity contribution in [1.82, 2.24) is 20.2 Å². The van der Waals surface area contributed by atoms with E-state index in [9.17, 15) is 9.59 Å².